The number of carbonyl (C=O) groups is 1. The summed E-state index contributed by atoms with van der Waals surface area (Å²) in [7, 11) is -3.55. The van der Waals surface area contributed by atoms with Crippen LogP contribution in [0.5, 0.6) is 0 Å². The Morgan fingerprint density at radius 2 is 2.24 bits per heavy atom. The van der Waals surface area contributed by atoms with Gasteiger partial charge in [-0.25, -0.2) is 13.1 Å². The van der Waals surface area contributed by atoms with Crippen LogP contribution in [0.25, 0.3) is 0 Å². The molecule has 1 fully saturated rings. The Bertz CT molecular complexity index is 729. The van der Waals surface area contributed by atoms with Crippen LogP contribution in [0.2, 0.25) is 0 Å². The van der Waals surface area contributed by atoms with Gasteiger partial charge in [-0.2, -0.15) is 0 Å². The number of hydrogen-bond acceptors (Lipinski definition) is 5. The molecule has 138 valence electrons. The molecule has 25 heavy (non-hydrogen) atoms. The van der Waals surface area contributed by atoms with Crippen LogP contribution < -0.4 is 4.72 Å². The summed E-state index contributed by atoms with van der Waals surface area (Å²) in [6, 6.07) is 4.97. The molecule has 0 aliphatic carbocycles. The SMILES string of the molecule is CCOCC(=O)N1CCc2cc(S(=O)(=O)N[C@H]3CCOC3)ccc2C1. The van der Waals surface area contributed by atoms with Crippen molar-refractivity contribution in [3.63, 3.8) is 0 Å². The molecule has 1 saturated heterocycles. The summed E-state index contributed by atoms with van der Waals surface area (Å²) in [6.45, 7) is 4.52. The second-order valence-corrected chi connectivity index (χ2v) is 8.03. The molecule has 2 heterocycles. The minimum atomic E-state index is -3.55. The monoisotopic (exact) mass is 368 g/mol. The van der Waals surface area contributed by atoms with Crippen molar-refractivity contribution in [1.82, 2.24) is 9.62 Å². The average Bonchev–Trinajstić information content (AvgIpc) is 3.11. The molecule has 3 rings (SSSR count). The number of fused-ring (bicyclic) bond motifs is 1. The number of rotatable bonds is 6. The Balaban J connectivity index is 1.70. The summed E-state index contributed by atoms with van der Waals surface area (Å²) < 4.78 is 38.1. The Labute approximate surface area is 148 Å². The third kappa shape index (κ3) is 4.38. The smallest absolute Gasteiger partial charge is 0.248 e. The van der Waals surface area contributed by atoms with Crippen molar-refractivity contribution in [3.05, 3.63) is 29.3 Å². The van der Waals surface area contributed by atoms with E-state index in [0.29, 0.717) is 45.8 Å². The van der Waals surface area contributed by atoms with E-state index in [-0.39, 0.29) is 23.5 Å². The fourth-order valence-corrected chi connectivity index (χ4v) is 4.41. The standard InChI is InChI=1S/C17H24N2O5S/c1-2-23-12-17(20)19-7-5-13-9-16(4-3-14(13)10-19)25(21,22)18-15-6-8-24-11-15/h3-4,9,15,18H,2,5-8,10-12H2,1H3/t15-/m0/s1. The van der Waals surface area contributed by atoms with Gasteiger partial charge < -0.3 is 14.4 Å². The van der Waals surface area contributed by atoms with E-state index in [1.807, 2.05) is 6.92 Å². The molecular formula is C17H24N2O5S. The zero-order chi connectivity index (χ0) is 17.9. The zero-order valence-corrected chi connectivity index (χ0v) is 15.2. The molecule has 2 aliphatic rings. The Hall–Kier alpha value is -1.48. The van der Waals surface area contributed by atoms with Crippen LogP contribution in [-0.4, -0.2) is 58.2 Å². The maximum atomic E-state index is 12.5. The van der Waals surface area contributed by atoms with Crippen molar-refractivity contribution in [2.45, 2.75) is 37.2 Å². The number of ether oxygens (including phenoxy) is 2. The van der Waals surface area contributed by atoms with Gasteiger partial charge in [0.25, 0.3) is 0 Å². The highest BCUT2D eigenvalue weighted by atomic mass is 32.2. The quantitative estimate of drug-likeness (QED) is 0.798. The first-order chi connectivity index (χ1) is 12.0. The van der Waals surface area contributed by atoms with Gasteiger partial charge in [0, 0.05) is 32.3 Å². The van der Waals surface area contributed by atoms with E-state index in [1.54, 1.807) is 23.1 Å². The summed E-state index contributed by atoms with van der Waals surface area (Å²) in [5, 5.41) is 0. The highest BCUT2D eigenvalue weighted by Gasteiger charge is 2.26. The molecule has 0 spiro atoms. The lowest BCUT2D eigenvalue weighted by Gasteiger charge is -2.29. The van der Waals surface area contributed by atoms with E-state index in [9.17, 15) is 13.2 Å². The number of carbonyl (C=O) groups excluding carboxylic acids is 1. The topological polar surface area (TPSA) is 84.9 Å². The van der Waals surface area contributed by atoms with Crippen LogP contribution in [0, 0.1) is 0 Å². The molecule has 0 bridgehead atoms. The lowest BCUT2D eigenvalue weighted by atomic mass is 10.00. The average molecular weight is 368 g/mol. The molecule has 1 atom stereocenters. The molecule has 1 amide bonds. The molecule has 1 N–H and O–H groups in total. The highest BCUT2D eigenvalue weighted by molar-refractivity contribution is 7.89. The van der Waals surface area contributed by atoms with Crippen LogP contribution in [0.1, 0.15) is 24.5 Å². The molecule has 1 aromatic carbocycles. The van der Waals surface area contributed by atoms with Crippen molar-refractivity contribution < 1.29 is 22.7 Å². The second kappa shape index (κ2) is 7.82. The summed E-state index contributed by atoms with van der Waals surface area (Å²) in [6.07, 6.45) is 1.34. The molecule has 2 aliphatic heterocycles. The molecule has 0 aromatic heterocycles. The normalized spacial score (nSPS) is 20.5. The van der Waals surface area contributed by atoms with Gasteiger partial charge in [0.05, 0.1) is 11.5 Å². The van der Waals surface area contributed by atoms with Crippen molar-refractivity contribution in [2.75, 3.05) is 33.0 Å². The minimum Gasteiger partial charge on any atom is -0.380 e. The van der Waals surface area contributed by atoms with Crippen molar-refractivity contribution in [2.24, 2.45) is 0 Å². The molecule has 1 aromatic rings. The van der Waals surface area contributed by atoms with Crippen molar-refractivity contribution in [1.29, 1.82) is 0 Å². The lowest BCUT2D eigenvalue weighted by Crippen LogP contribution is -2.38. The van der Waals surface area contributed by atoms with Gasteiger partial charge in [-0.05, 0) is 43.0 Å². The highest BCUT2D eigenvalue weighted by Crippen LogP contribution is 2.23. The van der Waals surface area contributed by atoms with E-state index in [4.69, 9.17) is 9.47 Å². The molecule has 0 radical (unpaired) electrons. The summed E-state index contributed by atoms with van der Waals surface area (Å²) in [5.74, 6) is -0.0351. The third-order valence-corrected chi connectivity index (χ3v) is 6.05. The second-order valence-electron chi connectivity index (χ2n) is 6.31. The Morgan fingerprint density at radius 1 is 1.40 bits per heavy atom. The number of nitrogens with zero attached hydrogens (tertiary/aromatic N) is 1. The van der Waals surface area contributed by atoms with Crippen LogP contribution in [0.4, 0.5) is 0 Å². The molecule has 0 saturated carbocycles. The number of amides is 1. The van der Waals surface area contributed by atoms with Gasteiger partial charge in [0.1, 0.15) is 6.61 Å². The van der Waals surface area contributed by atoms with E-state index in [2.05, 4.69) is 4.72 Å². The molecule has 8 heteroatoms. The van der Waals surface area contributed by atoms with Gasteiger partial charge in [-0.3, -0.25) is 4.79 Å². The first kappa shape index (κ1) is 18.3. The van der Waals surface area contributed by atoms with Crippen LogP contribution >= 0.6 is 0 Å². The van der Waals surface area contributed by atoms with Gasteiger partial charge in [-0.1, -0.05) is 6.07 Å². The van der Waals surface area contributed by atoms with Gasteiger partial charge >= 0.3 is 0 Å². The molecule has 0 unspecified atom stereocenters. The van der Waals surface area contributed by atoms with E-state index in [0.717, 1.165) is 11.1 Å². The van der Waals surface area contributed by atoms with Crippen molar-refractivity contribution in [3.8, 4) is 0 Å². The number of hydrogen-bond donors (Lipinski definition) is 1. The third-order valence-electron chi connectivity index (χ3n) is 4.53. The minimum absolute atomic E-state index is 0.0351. The van der Waals surface area contributed by atoms with Gasteiger partial charge in [0.15, 0.2) is 0 Å². The summed E-state index contributed by atoms with van der Waals surface area (Å²) >= 11 is 0. The fourth-order valence-electron chi connectivity index (χ4n) is 3.10. The van der Waals surface area contributed by atoms with E-state index < -0.39 is 10.0 Å². The number of nitrogens with one attached hydrogen (secondary N) is 1. The van der Waals surface area contributed by atoms with E-state index in [1.165, 1.54) is 0 Å². The maximum Gasteiger partial charge on any atom is 0.248 e. The van der Waals surface area contributed by atoms with Crippen LogP contribution in [0.15, 0.2) is 23.1 Å². The predicted molar refractivity (Wildman–Crippen MR) is 91.6 cm³/mol. The predicted octanol–water partition coefficient (Wildman–Crippen LogP) is 0.675. The maximum absolute atomic E-state index is 12.5. The fraction of sp³-hybridized carbons (Fsp3) is 0.588. The summed E-state index contributed by atoms with van der Waals surface area (Å²) in [4.78, 5) is 14.1. The first-order valence-electron chi connectivity index (χ1n) is 8.57. The van der Waals surface area contributed by atoms with E-state index >= 15 is 0 Å². The molecule has 7 nitrogen and oxygen atoms in total. The summed E-state index contributed by atoms with van der Waals surface area (Å²) in [5.41, 5.74) is 1.96. The number of benzene rings is 1. The van der Waals surface area contributed by atoms with Crippen LogP contribution in [-0.2, 0) is 37.3 Å². The van der Waals surface area contributed by atoms with Crippen LogP contribution in [0.3, 0.4) is 0 Å². The molecular weight excluding hydrogens is 344 g/mol. The van der Waals surface area contributed by atoms with Gasteiger partial charge in [-0.15, -0.1) is 0 Å². The number of sulfonamides is 1. The van der Waals surface area contributed by atoms with Crippen molar-refractivity contribution >= 4 is 15.9 Å². The Morgan fingerprint density at radius 3 is 2.96 bits per heavy atom. The lowest BCUT2D eigenvalue weighted by molar-refractivity contribution is -0.136. The first-order valence-corrected chi connectivity index (χ1v) is 10.1. The Kier molecular flexibility index (Phi) is 5.73. The van der Waals surface area contributed by atoms with Gasteiger partial charge in [0.2, 0.25) is 15.9 Å². The zero-order valence-electron chi connectivity index (χ0n) is 14.4. The largest absolute Gasteiger partial charge is 0.380 e.